The van der Waals surface area contributed by atoms with Gasteiger partial charge in [-0.1, -0.05) is 26.0 Å². The lowest BCUT2D eigenvalue weighted by atomic mass is 10.0. The molecule has 0 unspecified atom stereocenters. The van der Waals surface area contributed by atoms with Gasteiger partial charge in [-0.05, 0) is 42.2 Å². The summed E-state index contributed by atoms with van der Waals surface area (Å²) in [5, 5.41) is 2.90. The van der Waals surface area contributed by atoms with E-state index in [2.05, 4.69) is 19.2 Å². The van der Waals surface area contributed by atoms with Crippen LogP contribution in [-0.2, 0) is 21.2 Å². The van der Waals surface area contributed by atoms with Crippen LogP contribution in [-0.4, -0.2) is 43.3 Å². The molecule has 146 valence electrons. The number of amides is 1. The molecule has 7 heteroatoms. The van der Waals surface area contributed by atoms with Gasteiger partial charge in [0.15, 0.2) is 9.84 Å². The zero-order valence-electron chi connectivity index (χ0n) is 15.7. The summed E-state index contributed by atoms with van der Waals surface area (Å²) < 4.78 is 29.1. The number of rotatable bonds is 7. The molecule has 0 saturated carbocycles. The van der Waals surface area contributed by atoms with Gasteiger partial charge in [-0.2, -0.15) is 0 Å². The summed E-state index contributed by atoms with van der Waals surface area (Å²) in [5.74, 6) is 1.24. The number of hydrogen-bond acceptors (Lipinski definition) is 5. The van der Waals surface area contributed by atoms with Crippen molar-refractivity contribution >= 4 is 21.4 Å². The second-order valence-corrected chi connectivity index (χ2v) is 9.59. The van der Waals surface area contributed by atoms with Crippen molar-refractivity contribution in [2.24, 2.45) is 0 Å². The molecule has 0 radical (unpaired) electrons. The Hall–Kier alpha value is -2.12. The Morgan fingerprint density at radius 1 is 1.26 bits per heavy atom. The van der Waals surface area contributed by atoms with E-state index in [0.29, 0.717) is 24.6 Å². The smallest absolute Gasteiger partial charge is 0.238 e. The van der Waals surface area contributed by atoms with Gasteiger partial charge >= 0.3 is 0 Å². The Bertz CT molecular complexity index is 858. The number of hydrogen-bond donors (Lipinski definition) is 1. The van der Waals surface area contributed by atoms with E-state index in [1.807, 2.05) is 35.2 Å². The van der Waals surface area contributed by atoms with Crippen LogP contribution in [0.15, 0.2) is 47.1 Å². The molecular weight excluding hydrogens is 364 g/mol. The third-order valence-electron chi connectivity index (χ3n) is 4.87. The van der Waals surface area contributed by atoms with Crippen LogP contribution < -0.4 is 5.32 Å². The number of nitrogens with zero attached hydrogens (tertiary/aromatic N) is 1. The van der Waals surface area contributed by atoms with Crippen LogP contribution in [0.2, 0.25) is 0 Å². The van der Waals surface area contributed by atoms with E-state index < -0.39 is 9.84 Å². The lowest BCUT2D eigenvalue weighted by Gasteiger charge is -2.26. The van der Waals surface area contributed by atoms with Crippen molar-refractivity contribution in [1.82, 2.24) is 4.90 Å². The SMILES string of the molecule is CC(C)c1ccc(NC(=O)CN(Cc2ccco2)[C@H]2CCS(=O)(=O)C2)cc1. The van der Waals surface area contributed by atoms with Crippen LogP contribution in [0.25, 0.3) is 0 Å². The van der Waals surface area contributed by atoms with Gasteiger partial charge in [0.25, 0.3) is 0 Å². The topological polar surface area (TPSA) is 79.6 Å². The van der Waals surface area contributed by atoms with Crippen LogP contribution in [0.3, 0.4) is 0 Å². The molecule has 1 aliphatic rings. The second kappa shape index (κ2) is 8.27. The summed E-state index contributed by atoms with van der Waals surface area (Å²) in [4.78, 5) is 14.4. The Kier molecular flexibility index (Phi) is 6.01. The second-order valence-electron chi connectivity index (χ2n) is 7.37. The Labute approximate surface area is 160 Å². The van der Waals surface area contributed by atoms with Crippen molar-refractivity contribution in [1.29, 1.82) is 0 Å². The van der Waals surface area contributed by atoms with E-state index in [-0.39, 0.29) is 30.0 Å². The summed E-state index contributed by atoms with van der Waals surface area (Å²) in [6, 6.07) is 11.2. The minimum atomic E-state index is -3.03. The van der Waals surface area contributed by atoms with Crippen molar-refractivity contribution in [2.45, 2.75) is 38.8 Å². The molecule has 2 aromatic rings. The molecule has 6 nitrogen and oxygen atoms in total. The Morgan fingerprint density at radius 3 is 2.56 bits per heavy atom. The fourth-order valence-corrected chi connectivity index (χ4v) is 5.08. The van der Waals surface area contributed by atoms with Crippen molar-refractivity contribution in [3.63, 3.8) is 0 Å². The molecule has 1 amide bonds. The molecule has 1 aliphatic heterocycles. The average molecular weight is 391 g/mol. The van der Waals surface area contributed by atoms with Gasteiger partial charge in [0.05, 0.1) is 30.9 Å². The molecule has 2 heterocycles. The van der Waals surface area contributed by atoms with E-state index in [4.69, 9.17) is 4.42 Å². The van der Waals surface area contributed by atoms with E-state index in [1.54, 1.807) is 12.3 Å². The number of benzene rings is 1. The summed E-state index contributed by atoms with van der Waals surface area (Å²) in [5.41, 5.74) is 1.95. The van der Waals surface area contributed by atoms with Crippen LogP contribution in [0.4, 0.5) is 5.69 Å². The van der Waals surface area contributed by atoms with Gasteiger partial charge in [0.2, 0.25) is 5.91 Å². The maximum atomic E-state index is 12.6. The van der Waals surface area contributed by atoms with E-state index in [0.717, 1.165) is 5.69 Å². The van der Waals surface area contributed by atoms with Crippen molar-refractivity contribution in [3.8, 4) is 0 Å². The highest BCUT2D eigenvalue weighted by Crippen LogP contribution is 2.21. The van der Waals surface area contributed by atoms with E-state index in [1.165, 1.54) is 5.56 Å². The fraction of sp³-hybridized carbons (Fsp3) is 0.450. The van der Waals surface area contributed by atoms with Gasteiger partial charge in [-0.25, -0.2) is 8.42 Å². The van der Waals surface area contributed by atoms with Gasteiger partial charge in [0.1, 0.15) is 5.76 Å². The maximum absolute atomic E-state index is 12.6. The van der Waals surface area contributed by atoms with Crippen molar-refractivity contribution in [3.05, 3.63) is 54.0 Å². The number of carbonyl (C=O) groups is 1. The largest absolute Gasteiger partial charge is 0.468 e. The number of nitrogens with one attached hydrogen (secondary N) is 1. The first-order valence-electron chi connectivity index (χ1n) is 9.19. The molecule has 27 heavy (non-hydrogen) atoms. The molecule has 0 spiro atoms. The fourth-order valence-electron chi connectivity index (χ4n) is 3.32. The number of furan rings is 1. The normalized spacial score (nSPS) is 18.9. The van der Waals surface area contributed by atoms with Crippen molar-refractivity contribution in [2.75, 3.05) is 23.4 Å². The summed E-state index contributed by atoms with van der Waals surface area (Å²) in [6.07, 6.45) is 2.12. The molecular formula is C20H26N2O4S. The molecule has 3 rings (SSSR count). The quantitative estimate of drug-likeness (QED) is 0.786. The maximum Gasteiger partial charge on any atom is 0.238 e. The van der Waals surface area contributed by atoms with Crippen LogP contribution >= 0.6 is 0 Å². The Morgan fingerprint density at radius 2 is 2.00 bits per heavy atom. The first-order valence-corrected chi connectivity index (χ1v) is 11.0. The van der Waals surface area contributed by atoms with Gasteiger partial charge in [-0.15, -0.1) is 0 Å². The molecule has 0 bridgehead atoms. The Balaban J connectivity index is 1.66. The number of carbonyl (C=O) groups excluding carboxylic acids is 1. The molecule has 1 aromatic heterocycles. The van der Waals surface area contributed by atoms with E-state index >= 15 is 0 Å². The van der Waals surface area contributed by atoms with Gasteiger partial charge < -0.3 is 9.73 Å². The summed E-state index contributed by atoms with van der Waals surface area (Å²) in [6.45, 7) is 4.77. The lowest BCUT2D eigenvalue weighted by molar-refractivity contribution is -0.118. The standard InChI is InChI=1S/C20H26N2O4S/c1-15(2)16-5-7-17(8-6-16)21-20(23)13-22(12-19-4-3-10-26-19)18-9-11-27(24,25)14-18/h3-8,10,15,18H,9,11-14H2,1-2H3,(H,21,23)/t18-/m0/s1. The predicted octanol–water partition coefficient (Wildman–Crippen LogP) is 3.03. The average Bonchev–Trinajstić information content (AvgIpc) is 3.24. The summed E-state index contributed by atoms with van der Waals surface area (Å²) in [7, 11) is -3.03. The molecule has 1 atom stereocenters. The van der Waals surface area contributed by atoms with Crippen LogP contribution in [0.1, 0.15) is 37.5 Å². The molecule has 0 aliphatic carbocycles. The first kappa shape index (κ1) is 19.6. The molecule has 1 fully saturated rings. The molecule has 1 N–H and O–H groups in total. The minimum absolute atomic E-state index is 0.0874. The highest BCUT2D eigenvalue weighted by atomic mass is 32.2. The predicted molar refractivity (Wildman–Crippen MR) is 105 cm³/mol. The highest BCUT2D eigenvalue weighted by Gasteiger charge is 2.33. The highest BCUT2D eigenvalue weighted by molar-refractivity contribution is 7.91. The molecule has 1 saturated heterocycles. The molecule has 1 aromatic carbocycles. The van der Waals surface area contributed by atoms with Gasteiger partial charge in [-0.3, -0.25) is 9.69 Å². The third-order valence-corrected chi connectivity index (χ3v) is 6.62. The first-order chi connectivity index (χ1) is 12.8. The lowest BCUT2D eigenvalue weighted by Crippen LogP contribution is -2.41. The van der Waals surface area contributed by atoms with E-state index in [9.17, 15) is 13.2 Å². The van der Waals surface area contributed by atoms with Gasteiger partial charge in [0, 0.05) is 11.7 Å². The summed E-state index contributed by atoms with van der Waals surface area (Å²) >= 11 is 0. The zero-order chi connectivity index (χ0) is 19.4. The van der Waals surface area contributed by atoms with Crippen molar-refractivity contribution < 1.29 is 17.6 Å². The van der Waals surface area contributed by atoms with Crippen LogP contribution in [0, 0.1) is 0 Å². The number of sulfone groups is 1. The zero-order valence-corrected chi connectivity index (χ0v) is 16.5. The number of anilines is 1. The third kappa shape index (κ3) is 5.43. The monoisotopic (exact) mass is 390 g/mol. The minimum Gasteiger partial charge on any atom is -0.468 e. The van der Waals surface area contributed by atoms with Crippen LogP contribution in [0.5, 0.6) is 0 Å².